The van der Waals surface area contributed by atoms with Crippen molar-refractivity contribution in [2.24, 2.45) is 0 Å². The van der Waals surface area contributed by atoms with E-state index in [0.717, 1.165) is 6.42 Å². The van der Waals surface area contributed by atoms with E-state index in [1.807, 2.05) is 13.8 Å². The highest BCUT2D eigenvalue weighted by Gasteiger charge is 2.10. The normalized spacial score (nSPS) is 12.7. The fourth-order valence-electron chi connectivity index (χ4n) is 1.39. The van der Waals surface area contributed by atoms with Gasteiger partial charge in [0.1, 0.15) is 5.82 Å². The number of rotatable bonds is 4. The van der Waals surface area contributed by atoms with Crippen LogP contribution in [0.5, 0.6) is 0 Å². The van der Waals surface area contributed by atoms with Crippen LogP contribution in [0.1, 0.15) is 25.8 Å². The number of benzene rings is 1. The van der Waals surface area contributed by atoms with Crippen LogP contribution in [0.4, 0.5) is 4.39 Å². The van der Waals surface area contributed by atoms with Crippen LogP contribution in [-0.2, 0) is 4.79 Å². The molecule has 1 aromatic carbocycles. The van der Waals surface area contributed by atoms with Crippen LogP contribution in [0.25, 0.3) is 6.08 Å². The summed E-state index contributed by atoms with van der Waals surface area (Å²) in [5.74, 6) is -0.363. The van der Waals surface area contributed by atoms with Crippen molar-refractivity contribution in [2.75, 3.05) is 7.05 Å². The third-order valence-electron chi connectivity index (χ3n) is 2.87. The first-order chi connectivity index (χ1) is 8.04. The highest BCUT2D eigenvalue weighted by Crippen LogP contribution is 2.07. The van der Waals surface area contributed by atoms with Gasteiger partial charge in [0.05, 0.1) is 0 Å². The van der Waals surface area contributed by atoms with Crippen molar-refractivity contribution in [1.82, 2.24) is 4.90 Å². The lowest BCUT2D eigenvalue weighted by molar-refractivity contribution is -0.126. The van der Waals surface area contributed by atoms with Gasteiger partial charge in [-0.05, 0) is 37.1 Å². The minimum atomic E-state index is -0.296. The van der Waals surface area contributed by atoms with Crippen molar-refractivity contribution in [3.8, 4) is 0 Å². The summed E-state index contributed by atoms with van der Waals surface area (Å²) in [4.78, 5) is 13.4. The number of carbonyl (C=O) groups excluding carboxylic acids is 1. The molecule has 2 nitrogen and oxygen atoms in total. The van der Waals surface area contributed by atoms with Gasteiger partial charge in [-0.15, -0.1) is 0 Å². The summed E-state index contributed by atoms with van der Waals surface area (Å²) in [6.07, 6.45) is 4.02. The number of nitrogens with zero attached hydrogens (tertiary/aromatic N) is 1. The van der Waals surface area contributed by atoms with E-state index < -0.39 is 0 Å². The predicted molar refractivity (Wildman–Crippen MR) is 68.0 cm³/mol. The molecule has 1 rings (SSSR count). The average Bonchev–Trinajstić information content (AvgIpc) is 2.34. The fourth-order valence-corrected chi connectivity index (χ4v) is 1.39. The standard InChI is InChI=1S/C14H18FNO/c1-4-11(2)16(3)14(17)9-8-12-6-5-7-13(15)10-12/h5-11H,4H2,1-3H3/b9-8+. The van der Waals surface area contributed by atoms with E-state index >= 15 is 0 Å². The Bertz CT molecular complexity index is 414. The first kappa shape index (κ1) is 13.4. The van der Waals surface area contributed by atoms with Crippen molar-refractivity contribution in [3.63, 3.8) is 0 Å². The second kappa shape index (κ2) is 6.18. The Morgan fingerprint density at radius 2 is 2.24 bits per heavy atom. The molecule has 0 aliphatic heterocycles. The molecule has 0 bridgehead atoms. The summed E-state index contributed by atoms with van der Waals surface area (Å²) in [7, 11) is 1.77. The predicted octanol–water partition coefficient (Wildman–Crippen LogP) is 3.10. The monoisotopic (exact) mass is 235 g/mol. The van der Waals surface area contributed by atoms with Gasteiger partial charge < -0.3 is 4.90 Å². The molecular formula is C14H18FNO. The number of carbonyl (C=O) groups is 1. The molecular weight excluding hydrogens is 217 g/mol. The molecule has 1 amide bonds. The van der Waals surface area contributed by atoms with E-state index in [-0.39, 0.29) is 17.8 Å². The Hall–Kier alpha value is -1.64. The van der Waals surface area contributed by atoms with Crippen LogP contribution >= 0.6 is 0 Å². The quantitative estimate of drug-likeness (QED) is 0.734. The van der Waals surface area contributed by atoms with Gasteiger partial charge in [0.25, 0.3) is 0 Å². The van der Waals surface area contributed by atoms with E-state index in [4.69, 9.17) is 0 Å². The average molecular weight is 235 g/mol. The Kier molecular flexibility index (Phi) is 4.88. The maximum absolute atomic E-state index is 12.9. The number of halogens is 1. The highest BCUT2D eigenvalue weighted by atomic mass is 19.1. The zero-order valence-electron chi connectivity index (χ0n) is 10.5. The summed E-state index contributed by atoms with van der Waals surface area (Å²) in [5, 5.41) is 0. The van der Waals surface area contributed by atoms with Crippen LogP contribution < -0.4 is 0 Å². The van der Waals surface area contributed by atoms with Gasteiger partial charge in [0, 0.05) is 19.2 Å². The smallest absolute Gasteiger partial charge is 0.246 e. The number of likely N-dealkylation sites (N-methyl/N-ethyl adjacent to an activating group) is 1. The van der Waals surface area contributed by atoms with Gasteiger partial charge >= 0.3 is 0 Å². The molecule has 0 fully saturated rings. The van der Waals surface area contributed by atoms with E-state index in [1.165, 1.54) is 18.2 Å². The van der Waals surface area contributed by atoms with Gasteiger partial charge in [0.2, 0.25) is 5.91 Å². The van der Waals surface area contributed by atoms with Gasteiger partial charge in [-0.2, -0.15) is 0 Å². The molecule has 0 aliphatic rings. The van der Waals surface area contributed by atoms with Crippen molar-refractivity contribution in [1.29, 1.82) is 0 Å². The van der Waals surface area contributed by atoms with Crippen molar-refractivity contribution in [2.45, 2.75) is 26.3 Å². The lowest BCUT2D eigenvalue weighted by Crippen LogP contribution is -2.33. The van der Waals surface area contributed by atoms with Gasteiger partial charge in [-0.25, -0.2) is 4.39 Å². The number of hydrogen-bond acceptors (Lipinski definition) is 1. The van der Waals surface area contributed by atoms with Gasteiger partial charge in [0.15, 0.2) is 0 Å². The zero-order chi connectivity index (χ0) is 12.8. The van der Waals surface area contributed by atoms with E-state index in [2.05, 4.69) is 0 Å². The lowest BCUT2D eigenvalue weighted by atomic mass is 10.2. The van der Waals surface area contributed by atoms with Crippen LogP contribution in [0.2, 0.25) is 0 Å². The second-order valence-electron chi connectivity index (χ2n) is 4.09. The summed E-state index contributed by atoms with van der Waals surface area (Å²) < 4.78 is 12.9. The number of hydrogen-bond donors (Lipinski definition) is 0. The maximum Gasteiger partial charge on any atom is 0.246 e. The van der Waals surface area contributed by atoms with Crippen LogP contribution in [-0.4, -0.2) is 23.9 Å². The Morgan fingerprint density at radius 3 is 2.82 bits per heavy atom. The fraction of sp³-hybridized carbons (Fsp3) is 0.357. The second-order valence-corrected chi connectivity index (χ2v) is 4.09. The van der Waals surface area contributed by atoms with Crippen molar-refractivity contribution < 1.29 is 9.18 Å². The summed E-state index contributed by atoms with van der Waals surface area (Å²) in [6, 6.07) is 6.37. The van der Waals surface area contributed by atoms with E-state index in [9.17, 15) is 9.18 Å². The molecule has 0 saturated heterocycles. The SMILES string of the molecule is CCC(C)N(C)C(=O)/C=C/c1cccc(F)c1. The molecule has 0 saturated carbocycles. The minimum Gasteiger partial charge on any atom is -0.340 e. The molecule has 0 aromatic heterocycles. The molecule has 0 aliphatic carbocycles. The first-order valence-electron chi connectivity index (χ1n) is 5.75. The summed E-state index contributed by atoms with van der Waals surface area (Å²) in [6.45, 7) is 4.03. The van der Waals surface area contributed by atoms with Gasteiger partial charge in [-0.1, -0.05) is 19.1 Å². The Balaban J connectivity index is 2.68. The Labute approximate surface area is 102 Å². The van der Waals surface area contributed by atoms with Crippen molar-refractivity contribution >= 4 is 12.0 Å². The molecule has 0 spiro atoms. The van der Waals surface area contributed by atoms with Crippen LogP contribution in [0.15, 0.2) is 30.3 Å². The molecule has 1 unspecified atom stereocenters. The van der Waals surface area contributed by atoms with Crippen molar-refractivity contribution in [3.05, 3.63) is 41.7 Å². The molecule has 3 heteroatoms. The number of amides is 1. The van der Waals surface area contributed by atoms with Crippen LogP contribution in [0.3, 0.4) is 0 Å². The molecule has 0 heterocycles. The minimum absolute atomic E-state index is 0.0661. The largest absolute Gasteiger partial charge is 0.340 e. The topological polar surface area (TPSA) is 20.3 Å². The molecule has 17 heavy (non-hydrogen) atoms. The third kappa shape index (κ3) is 4.02. The third-order valence-corrected chi connectivity index (χ3v) is 2.87. The molecule has 0 radical (unpaired) electrons. The molecule has 1 atom stereocenters. The van der Waals surface area contributed by atoms with Gasteiger partial charge in [-0.3, -0.25) is 4.79 Å². The molecule has 92 valence electrons. The Morgan fingerprint density at radius 1 is 1.53 bits per heavy atom. The lowest BCUT2D eigenvalue weighted by Gasteiger charge is -2.22. The van der Waals surface area contributed by atoms with E-state index in [0.29, 0.717) is 5.56 Å². The first-order valence-corrected chi connectivity index (χ1v) is 5.75. The summed E-state index contributed by atoms with van der Waals surface area (Å²) in [5.41, 5.74) is 0.691. The highest BCUT2D eigenvalue weighted by molar-refractivity contribution is 5.91. The van der Waals surface area contributed by atoms with E-state index in [1.54, 1.807) is 30.2 Å². The molecule has 1 aromatic rings. The summed E-state index contributed by atoms with van der Waals surface area (Å²) >= 11 is 0. The zero-order valence-corrected chi connectivity index (χ0v) is 10.5. The molecule has 0 N–H and O–H groups in total. The van der Waals surface area contributed by atoms with Crippen LogP contribution in [0, 0.1) is 5.82 Å². The maximum atomic E-state index is 12.9.